The van der Waals surface area contributed by atoms with Gasteiger partial charge in [-0.2, -0.15) is 0 Å². The van der Waals surface area contributed by atoms with E-state index < -0.39 is 10.0 Å². The predicted molar refractivity (Wildman–Crippen MR) is 60.0 cm³/mol. The second-order valence-electron chi connectivity index (χ2n) is 3.20. The normalized spacial score (nSPS) is 19.5. The van der Waals surface area contributed by atoms with Gasteiger partial charge in [-0.05, 0) is 18.2 Å². The van der Waals surface area contributed by atoms with Crippen molar-refractivity contribution in [3.05, 3.63) is 28.7 Å². The molecule has 15 heavy (non-hydrogen) atoms. The van der Waals surface area contributed by atoms with E-state index in [1.54, 1.807) is 24.3 Å². The van der Waals surface area contributed by atoms with E-state index in [2.05, 4.69) is 15.9 Å². The van der Waals surface area contributed by atoms with Crippen LogP contribution in [0.1, 0.15) is 6.42 Å². The summed E-state index contributed by atoms with van der Waals surface area (Å²) in [7, 11) is -3.44. The number of sulfonamides is 1. The van der Waals surface area contributed by atoms with Crippen molar-refractivity contribution in [1.29, 1.82) is 0 Å². The highest BCUT2D eigenvalue weighted by Gasteiger charge is 2.36. The van der Waals surface area contributed by atoms with Crippen molar-refractivity contribution in [2.45, 2.75) is 6.42 Å². The Bertz CT molecular complexity index is 512. The molecule has 1 aliphatic heterocycles. The largest absolute Gasteiger partial charge is 0.273 e. The van der Waals surface area contributed by atoms with Crippen molar-refractivity contribution < 1.29 is 13.2 Å². The SMILES string of the molecule is O=C1CCS(=O)(=O)N1c1cccc(Br)c1. The maximum atomic E-state index is 11.6. The molecular formula is C9H8BrNO3S. The highest BCUT2D eigenvalue weighted by molar-refractivity contribution is 9.10. The summed E-state index contributed by atoms with van der Waals surface area (Å²) in [6, 6.07) is 6.68. The average molecular weight is 290 g/mol. The molecule has 0 unspecified atom stereocenters. The van der Waals surface area contributed by atoms with Crippen LogP contribution in [0.5, 0.6) is 0 Å². The Balaban J connectivity index is 2.51. The number of benzene rings is 1. The summed E-state index contributed by atoms with van der Waals surface area (Å²) in [4.78, 5) is 11.4. The number of carbonyl (C=O) groups excluding carboxylic acids is 1. The van der Waals surface area contributed by atoms with Crippen LogP contribution in [0, 0.1) is 0 Å². The Morgan fingerprint density at radius 1 is 1.33 bits per heavy atom. The van der Waals surface area contributed by atoms with Crippen LogP contribution in [-0.2, 0) is 14.8 Å². The molecule has 6 heteroatoms. The Morgan fingerprint density at radius 2 is 2.07 bits per heavy atom. The molecule has 1 aromatic rings. The van der Waals surface area contributed by atoms with E-state index in [9.17, 15) is 13.2 Å². The molecule has 80 valence electrons. The van der Waals surface area contributed by atoms with Crippen LogP contribution in [0.25, 0.3) is 0 Å². The van der Waals surface area contributed by atoms with Gasteiger partial charge in [0, 0.05) is 10.9 Å². The highest BCUT2D eigenvalue weighted by atomic mass is 79.9. The van der Waals surface area contributed by atoms with Gasteiger partial charge in [-0.25, -0.2) is 12.7 Å². The minimum Gasteiger partial charge on any atom is -0.273 e. The number of carbonyl (C=O) groups is 1. The molecule has 0 spiro atoms. The number of amides is 1. The number of halogens is 1. The molecule has 2 rings (SSSR count). The second kappa shape index (κ2) is 3.61. The van der Waals surface area contributed by atoms with Gasteiger partial charge < -0.3 is 0 Å². The number of rotatable bonds is 1. The predicted octanol–water partition coefficient (Wildman–Crippen LogP) is 1.52. The summed E-state index contributed by atoms with van der Waals surface area (Å²) in [5.41, 5.74) is 0.395. The smallest absolute Gasteiger partial charge is 0.242 e. The van der Waals surface area contributed by atoms with Crippen molar-refractivity contribution >= 4 is 37.5 Å². The van der Waals surface area contributed by atoms with E-state index >= 15 is 0 Å². The number of nitrogens with zero attached hydrogens (tertiary/aromatic N) is 1. The molecule has 0 N–H and O–H groups in total. The molecule has 0 saturated carbocycles. The van der Waals surface area contributed by atoms with E-state index in [0.29, 0.717) is 5.69 Å². The van der Waals surface area contributed by atoms with Gasteiger partial charge in [-0.3, -0.25) is 4.79 Å². The Kier molecular flexibility index (Phi) is 2.56. The first-order valence-electron chi connectivity index (χ1n) is 4.32. The molecule has 0 aromatic heterocycles. The fourth-order valence-corrected chi connectivity index (χ4v) is 3.31. The van der Waals surface area contributed by atoms with Crippen molar-refractivity contribution in [3.63, 3.8) is 0 Å². The van der Waals surface area contributed by atoms with E-state index in [-0.39, 0.29) is 18.1 Å². The van der Waals surface area contributed by atoms with E-state index in [0.717, 1.165) is 8.78 Å². The molecule has 1 aromatic carbocycles. The molecule has 1 heterocycles. The standard InChI is InChI=1S/C9H8BrNO3S/c10-7-2-1-3-8(6-7)11-9(12)4-5-15(11,13)14/h1-3,6H,4-5H2. The minimum absolute atomic E-state index is 0.0643. The summed E-state index contributed by atoms with van der Waals surface area (Å²) < 4.78 is 24.8. The topological polar surface area (TPSA) is 54.5 Å². The summed E-state index contributed by atoms with van der Waals surface area (Å²) in [5, 5.41) is 0. The third kappa shape index (κ3) is 1.91. The molecule has 4 nitrogen and oxygen atoms in total. The van der Waals surface area contributed by atoms with Crippen molar-refractivity contribution in [1.82, 2.24) is 0 Å². The third-order valence-corrected chi connectivity index (χ3v) is 4.31. The lowest BCUT2D eigenvalue weighted by molar-refractivity contribution is -0.116. The maximum Gasteiger partial charge on any atom is 0.242 e. The summed E-state index contributed by atoms with van der Waals surface area (Å²) in [5.74, 6) is -0.466. The van der Waals surface area contributed by atoms with Crippen molar-refractivity contribution in [3.8, 4) is 0 Å². The number of hydrogen-bond acceptors (Lipinski definition) is 3. The molecule has 0 atom stereocenters. The zero-order valence-electron chi connectivity index (χ0n) is 7.68. The van der Waals surface area contributed by atoms with E-state index in [4.69, 9.17) is 0 Å². The van der Waals surface area contributed by atoms with Crippen LogP contribution in [0.2, 0.25) is 0 Å². The lowest BCUT2D eigenvalue weighted by Crippen LogP contribution is -2.29. The van der Waals surface area contributed by atoms with Crippen molar-refractivity contribution in [2.24, 2.45) is 0 Å². The van der Waals surface area contributed by atoms with Gasteiger partial charge in [0.05, 0.1) is 11.4 Å². The van der Waals surface area contributed by atoms with Crippen LogP contribution in [0.3, 0.4) is 0 Å². The van der Waals surface area contributed by atoms with Gasteiger partial charge in [0.15, 0.2) is 0 Å². The first kappa shape index (κ1) is 10.6. The van der Waals surface area contributed by atoms with Crippen LogP contribution < -0.4 is 4.31 Å². The fraction of sp³-hybridized carbons (Fsp3) is 0.222. The molecule has 1 fully saturated rings. The quantitative estimate of drug-likeness (QED) is 0.788. The Hall–Kier alpha value is -0.880. The maximum absolute atomic E-state index is 11.6. The highest BCUT2D eigenvalue weighted by Crippen LogP contribution is 2.27. The zero-order chi connectivity index (χ0) is 11.1. The molecule has 0 radical (unpaired) electrons. The first-order valence-corrected chi connectivity index (χ1v) is 6.72. The summed E-state index contributed by atoms with van der Waals surface area (Å²) in [6.07, 6.45) is 0.0643. The first-order chi connectivity index (χ1) is 7.00. The van der Waals surface area contributed by atoms with Crippen LogP contribution >= 0.6 is 15.9 Å². The van der Waals surface area contributed by atoms with Crippen LogP contribution in [0.15, 0.2) is 28.7 Å². The number of hydrogen-bond donors (Lipinski definition) is 0. The van der Waals surface area contributed by atoms with Crippen molar-refractivity contribution in [2.75, 3.05) is 10.1 Å². The van der Waals surface area contributed by atoms with Gasteiger partial charge in [-0.1, -0.05) is 22.0 Å². The van der Waals surface area contributed by atoms with Crippen LogP contribution in [-0.4, -0.2) is 20.1 Å². The van der Waals surface area contributed by atoms with Gasteiger partial charge >= 0.3 is 0 Å². The lowest BCUT2D eigenvalue weighted by atomic mass is 10.3. The van der Waals surface area contributed by atoms with Crippen LogP contribution in [0.4, 0.5) is 5.69 Å². The average Bonchev–Trinajstić information content (AvgIpc) is 2.40. The molecule has 1 amide bonds. The monoisotopic (exact) mass is 289 g/mol. The summed E-state index contributed by atoms with van der Waals surface area (Å²) >= 11 is 3.23. The van der Waals surface area contributed by atoms with Gasteiger partial charge in [0.2, 0.25) is 15.9 Å². The molecule has 1 saturated heterocycles. The van der Waals surface area contributed by atoms with E-state index in [1.165, 1.54) is 0 Å². The third-order valence-electron chi connectivity index (χ3n) is 2.12. The Labute approximate surface area is 96.1 Å². The zero-order valence-corrected chi connectivity index (χ0v) is 10.1. The lowest BCUT2D eigenvalue weighted by Gasteiger charge is -2.14. The minimum atomic E-state index is -3.44. The van der Waals surface area contributed by atoms with E-state index in [1.807, 2.05) is 0 Å². The van der Waals surface area contributed by atoms with Gasteiger partial charge in [0.25, 0.3) is 0 Å². The molecule has 0 bridgehead atoms. The van der Waals surface area contributed by atoms with Gasteiger partial charge in [-0.15, -0.1) is 0 Å². The fourth-order valence-electron chi connectivity index (χ4n) is 1.47. The molecule has 1 aliphatic rings. The summed E-state index contributed by atoms with van der Waals surface area (Å²) in [6.45, 7) is 0. The number of anilines is 1. The molecule has 0 aliphatic carbocycles. The molecular weight excluding hydrogens is 282 g/mol. The second-order valence-corrected chi connectivity index (χ2v) is 6.06. The Morgan fingerprint density at radius 3 is 2.60 bits per heavy atom. The van der Waals surface area contributed by atoms with Gasteiger partial charge in [0.1, 0.15) is 0 Å².